The molecule has 2 rings (SSSR count). The van der Waals surface area contributed by atoms with E-state index >= 15 is 0 Å². The molecule has 6 nitrogen and oxygen atoms in total. The highest BCUT2D eigenvalue weighted by Crippen LogP contribution is 2.15. The molecule has 6 heteroatoms. The Morgan fingerprint density at radius 3 is 2.72 bits per heavy atom. The van der Waals surface area contributed by atoms with Crippen molar-refractivity contribution in [3.8, 4) is 0 Å². The number of nitrogens with one attached hydrogen (secondary N) is 1. The molecule has 0 saturated carbocycles. The third kappa shape index (κ3) is 3.30. The highest BCUT2D eigenvalue weighted by atomic mass is 15.3. The summed E-state index contributed by atoms with van der Waals surface area (Å²) in [4.78, 5) is 13.2. The van der Waals surface area contributed by atoms with Gasteiger partial charge in [0.2, 0.25) is 0 Å². The van der Waals surface area contributed by atoms with Gasteiger partial charge in [0.1, 0.15) is 18.0 Å². The number of anilines is 2. The molecule has 1 aliphatic rings. The lowest BCUT2D eigenvalue weighted by Gasteiger charge is -2.35. The number of nitrogens with zero attached hydrogens (tertiary/aromatic N) is 4. The molecule has 100 valence electrons. The Bertz CT molecular complexity index is 361. The van der Waals surface area contributed by atoms with Crippen LogP contribution in [0.5, 0.6) is 0 Å². The van der Waals surface area contributed by atoms with Crippen LogP contribution in [-0.4, -0.2) is 60.7 Å². The number of aromatic nitrogens is 2. The lowest BCUT2D eigenvalue weighted by atomic mass is 10.3. The van der Waals surface area contributed by atoms with Gasteiger partial charge in [-0.1, -0.05) is 0 Å². The lowest BCUT2D eigenvalue weighted by Crippen LogP contribution is -2.48. The lowest BCUT2D eigenvalue weighted by molar-refractivity contribution is 0.264. The van der Waals surface area contributed by atoms with Crippen LogP contribution in [0.2, 0.25) is 0 Å². The molecule has 1 aromatic rings. The average molecular weight is 250 g/mol. The summed E-state index contributed by atoms with van der Waals surface area (Å²) in [6.45, 7) is 8.77. The van der Waals surface area contributed by atoms with Crippen molar-refractivity contribution in [1.29, 1.82) is 0 Å². The van der Waals surface area contributed by atoms with Gasteiger partial charge in [0.05, 0.1) is 0 Å². The number of hydrogen-bond acceptors (Lipinski definition) is 6. The van der Waals surface area contributed by atoms with Gasteiger partial charge >= 0.3 is 0 Å². The average Bonchev–Trinajstić information content (AvgIpc) is 2.41. The number of nitrogens with two attached hydrogens (primary N) is 1. The molecule has 0 radical (unpaired) electrons. The van der Waals surface area contributed by atoms with Crippen molar-refractivity contribution in [3.63, 3.8) is 0 Å². The monoisotopic (exact) mass is 250 g/mol. The van der Waals surface area contributed by atoms with Crippen molar-refractivity contribution < 1.29 is 0 Å². The smallest absolute Gasteiger partial charge is 0.134 e. The largest absolute Gasteiger partial charge is 0.370 e. The van der Waals surface area contributed by atoms with Crippen LogP contribution in [-0.2, 0) is 0 Å². The van der Waals surface area contributed by atoms with Gasteiger partial charge in [0, 0.05) is 51.9 Å². The first kappa shape index (κ1) is 13.0. The molecule has 0 aromatic carbocycles. The van der Waals surface area contributed by atoms with E-state index in [4.69, 9.17) is 5.73 Å². The van der Waals surface area contributed by atoms with Gasteiger partial charge in [-0.05, 0) is 6.92 Å². The van der Waals surface area contributed by atoms with Crippen molar-refractivity contribution in [3.05, 3.63) is 12.4 Å². The van der Waals surface area contributed by atoms with E-state index in [1.807, 2.05) is 6.07 Å². The van der Waals surface area contributed by atoms with E-state index in [9.17, 15) is 0 Å². The zero-order valence-electron chi connectivity index (χ0n) is 11.0. The van der Waals surface area contributed by atoms with Crippen LogP contribution in [0, 0.1) is 0 Å². The number of rotatable bonds is 5. The second kappa shape index (κ2) is 6.51. The van der Waals surface area contributed by atoms with Gasteiger partial charge in [0.15, 0.2) is 0 Å². The van der Waals surface area contributed by atoms with E-state index in [1.54, 1.807) is 6.33 Å². The van der Waals surface area contributed by atoms with E-state index in [0.29, 0.717) is 0 Å². The quantitative estimate of drug-likeness (QED) is 0.766. The second-order valence-electron chi connectivity index (χ2n) is 4.41. The van der Waals surface area contributed by atoms with Crippen LogP contribution in [0.3, 0.4) is 0 Å². The molecule has 0 spiro atoms. The number of hydrogen-bond donors (Lipinski definition) is 2. The molecule has 0 amide bonds. The van der Waals surface area contributed by atoms with Crippen molar-refractivity contribution in [1.82, 2.24) is 14.9 Å². The van der Waals surface area contributed by atoms with Gasteiger partial charge in [0.25, 0.3) is 0 Å². The summed E-state index contributed by atoms with van der Waals surface area (Å²) in [5.74, 6) is 1.90. The van der Waals surface area contributed by atoms with E-state index in [-0.39, 0.29) is 0 Å². The summed E-state index contributed by atoms with van der Waals surface area (Å²) in [6.07, 6.45) is 1.62. The molecule has 0 atom stereocenters. The van der Waals surface area contributed by atoms with Gasteiger partial charge in [-0.3, -0.25) is 4.90 Å². The predicted molar refractivity (Wildman–Crippen MR) is 73.9 cm³/mol. The fraction of sp³-hybridized carbons (Fsp3) is 0.667. The Kier molecular flexibility index (Phi) is 4.72. The third-order valence-electron chi connectivity index (χ3n) is 3.15. The van der Waals surface area contributed by atoms with Crippen LogP contribution in [0.1, 0.15) is 6.92 Å². The van der Waals surface area contributed by atoms with E-state index in [0.717, 1.165) is 57.4 Å². The summed E-state index contributed by atoms with van der Waals surface area (Å²) in [7, 11) is 0. The molecule has 0 unspecified atom stereocenters. The maximum Gasteiger partial charge on any atom is 0.134 e. The summed E-state index contributed by atoms with van der Waals surface area (Å²) in [6, 6.07) is 2.02. The molecular weight excluding hydrogens is 228 g/mol. The molecule has 0 aliphatic carbocycles. The van der Waals surface area contributed by atoms with Crippen LogP contribution < -0.4 is 16.0 Å². The normalized spacial score (nSPS) is 16.9. The Morgan fingerprint density at radius 2 is 2.06 bits per heavy atom. The molecule has 1 fully saturated rings. The first-order valence-electron chi connectivity index (χ1n) is 6.56. The fourth-order valence-corrected chi connectivity index (χ4v) is 2.18. The van der Waals surface area contributed by atoms with Crippen molar-refractivity contribution in [2.24, 2.45) is 5.73 Å². The van der Waals surface area contributed by atoms with Crippen LogP contribution in [0.15, 0.2) is 12.4 Å². The molecular formula is C12H22N6. The Balaban J connectivity index is 1.94. The summed E-state index contributed by atoms with van der Waals surface area (Å²) >= 11 is 0. The van der Waals surface area contributed by atoms with Crippen LogP contribution in [0.4, 0.5) is 11.6 Å². The van der Waals surface area contributed by atoms with Gasteiger partial charge in [-0.15, -0.1) is 0 Å². The molecule has 1 saturated heterocycles. The second-order valence-corrected chi connectivity index (χ2v) is 4.41. The van der Waals surface area contributed by atoms with Gasteiger partial charge in [-0.25, -0.2) is 9.97 Å². The predicted octanol–water partition coefficient (Wildman–Crippen LogP) is -0.0109. The Hall–Kier alpha value is -1.40. The maximum absolute atomic E-state index is 5.57. The first-order chi connectivity index (χ1) is 8.83. The zero-order chi connectivity index (χ0) is 12.8. The van der Waals surface area contributed by atoms with Crippen molar-refractivity contribution in [2.75, 3.05) is 56.0 Å². The molecule has 2 heterocycles. The van der Waals surface area contributed by atoms with Crippen LogP contribution in [0.25, 0.3) is 0 Å². The minimum absolute atomic E-state index is 0.734. The fourth-order valence-electron chi connectivity index (χ4n) is 2.18. The topological polar surface area (TPSA) is 70.3 Å². The Morgan fingerprint density at radius 1 is 1.28 bits per heavy atom. The van der Waals surface area contributed by atoms with Gasteiger partial charge in [-0.2, -0.15) is 0 Å². The summed E-state index contributed by atoms with van der Waals surface area (Å²) in [5.41, 5.74) is 5.57. The van der Waals surface area contributed by atoms with E-state index in [1.165, 1.54) is 0 Å². The minimum Gasteiger partial charge on any atom is -0.370 e. The van der Waals surface area contributed by atoms with E-state index in [2.05, 4.69) is 32.0 Å². The SMILES string of the molecule is CCNc1cc(N2CCN(CCN)CC2)ncn1. The van der Waals surface area contributed by atoms with Crippen molar-refractivity contribution >= 4 is 11.6 Å². The van der Waals surface area contributed by atoms with Crippen LogP contribution >= 0.6 is 0 Å². The summed E-state index contributed by atoms with van der Waals surface area (Å²) in [5, 5.41) is 3.21. The molecule has 3 N–H and O–H groups in total. The molecule has 1 aromatic heterocycles. The molecule has 18 heavy (non-hydrogen) atoms. The highest BCUT2D eigenvalue weighted by molar-refractivity contribution is 5.48. The minimum atomic E-state index is 0.734. The Labute approximate surface area is 108 Å². The third-order valence-corrected chi connectivity index (χ3v) is 3.15. The molecule has 1 aliphatic heterocycles. The highest BCUT2D eigenvalue weighted by Gasteiger charge is 2.17. The number of piperazine rings is 1. The zero-order valence-corrected chi connectivity index (χ0v) is 11.0. The summed E-state index contributed by atoms with van der Waals surface area (Å²) < 4.78 is 0. The van der Waals surface area contributed by atoms with Gasteiger partial charge < -0.3 is 16.0 Å². The first-order valence-corrected chi connectivity index (χ1v) is 6.56. The molecule has 0 bridgehead atoms. The van der Waals surface area contributed by atoms with E-state index < -0.39 is 0 Å². The standard InChI is InChI=1S/C12H22N6/c1-2-14-11-9-12(16-10-15-11)18-7-5-17(4-3-13)6-8-18/h9-10H,2-8,13H2,1H3,(H,14,15,16). The van der Waals surface area contributed by atoms with Crippen molar-refractivity contribution in [2.45, 2.75) is 6.92 Å². The maximum atomic E-state index is 5.57.